The Bertz CT molecular complexity index is 1070. The summed E-state index contributed by atoms with van der Waals surface area (Å²) in [4.78, 5) is 34.9. The molecule has 0 aliphatic carbocycles. The lowest BCUT2D eigenvalue weighted by Gasteiger charge is -2.39. The molecule has 3 aliphatic rings. The van der Waals surface area contributed by atoms with E-state index in [2.05, 4.69) is 4.99 Å². The summed E-state index contributed by atoms with van der Waals surface area (Å²) in [5.74, 6) is -0.166. The Morgan fingerprint density at radius 1 is 1.07 bits per heavy atom. The van der Waals surface area contributed by atoms with Gasteiger partial charge in [-0.1, -0.05) is 30.3 Å². The van der Waals surface area contributed by atoms with E-state index in [1.54, 1.807) is 30.3 Å². The van der Waals surface area contributed by atoms with Crippen LogP contribution in [0.15, 0.2) is 65.8 Å². The molecule has 0 bridgehead atoms. The lowest BCUT2D eigenvalue weighted by Crippen LogP contribution is -2.64. The maximum atomic E-state index is 13.2. The highest BCUT2D eigenvalue weighted by Crippen LogP contribution is 2.35. The average molecular weight is 406 g/mol. The molecule has 5 rings (SSSR count). The molecule has 1 fully saturated rings. The van der Waals surface area contributed by atoms with Gasteiger partial charge in [0.25, 0.3) is 11.9 Å². The minimum Gasteiger partial charge on any atom is -0.423 e. The zero-order valence-corrected chi connectivity index (χ0v) is 16.2. The van der Waals surface area contributed by atoms with Gasteiger partial charge in [-0.2, -0.15) is 0 Å². The zero-order chi connectivity index (χ0) is 20.8. The predicted molar refractivity (Wildman–Crippen MR) is 107 cm³/mol. The zero-order valence-electron chi connectivity index (χ0n) is 16.2. The van der Waals surface area contributed by atoms with Crippen molar-refractivity contribution in [2.75, 3.05) is 13.6 Å². The molecule has 3 aliphatic heterocycles. The van der Waals surface area contributed by atoms with E-state index in [1.807, 2.05) is 30.3 Å². The molecule has 2 aromatic rings. The smallest absolute Gasteiger partial charge is 0.328 e. The molecule has 152 valence electrons. The Labute approximate surface area is 172 Å². The van der Waals surface area contributed by atoms with Gasteiger partial charge in [0.05, 0.1) is 6.20 Å². The summed E-state index contributed by atoms with van der Waals surface area (Å²) in [6.07, 6.45) is 1.62. The monoisotopic (exact) mass is 406 g/mol. The number of nitrogens with zero attached hydrogens (tertiary/aromatic N) is 4. The molecule has 3 amide bonds. The lowest BCUT2D eigenvalue weighted by molar-refractivity contribution is -0.136. The van der Waals surface area contributed by atoms with Crippen molar-refractivity contribution in [2.24, 2.45) is 4.99 Å². The Kier molecular flexibility index (Phi) is 4.27. The first-order valence-corrected chi connectivity index (χ1v) is 9.67. The van der Waals surface area contributed by atoms with Gasteiger partial charge in [-0.25, -0.2) is 14.2 Å². The predicted octanol–water partition coefficient (Wildman–Crippen LogP) is 2.66. The van der Waals surface area contributed by atoms with Gasteiger partial charge < -0.3 is 9.64 Å². The van der Waals surface area contributed by atoms with Gasteiger partial charge in [0.15, 0.2) is 18.0 Å². The first kappa shape index (κ1) is 18.4. The van der Waals surface area contributed by atoms with Crippen LogP contribution in [0.1, 0.15) is 11.1 Å². The van der Waals surface area contributed by atoms with Crippen molar-refractivity contribution in [3.8, 4) is 0 Å². The molecule has 0 aromatic heterocycles. The minimum atomic E-state index is -0.684. The summed E-state index contributed by atoms with van der Waals surface area (Å²) >= 11 is 0. The molecule has 7 nitrogen and oxygen atoms in total. The molecule has 3 heterocycles. The lowest BCUT2D eigenvalue weighted by atomic mass is 10.1. The number of carbonyl (C=O) groups is 2. The van der Waals surface area contributed by atoms with Crippen molar-refractivity contribution < 1.29 is 18.7 Å². The van der Waals surface area contributed by atoms with Crippen LogP contribution in [0.2, 0.25) is 0 Å². The molecule has 30 heavy (non-hydrogen) atoms. The summed E-state index contributed by atoms with van der Waals surface area (Å²) in [7, 11) is 1.64. The fourth-order valence-corrected chi connectivity index (χ4v) is 3.92. The van der Waals surface area contributed by atoms with Crippen LogP contribution in [-0.4, -0.2) is 58.5 Å². The molecule has 8 heteroatoms. The summed E-state index contributed by atoms with van der Waals surface area (Å²) in [6.45, 7) is 0.286. The number of likely N-dealkylation sites (N-methyl/N-ethyl adjacent to an activating group) is 1. The molecule has 1 saturated heterocycles. The molecule has 0 radical (unpaired) electrons. The largest absolute Gasteiger partial charge is 0.423 e. The van der Waals surface area contributed by atoms with Crippen LogP contribution in [0.3, 0.4) is 0 Å². The summed E-state index contributed by atoms with van der Waals surface area (Å²) in [5, 5.41) is 0. The molecule has 0 N–H and O–H groups in total. The van der Waals surface area contributed by atoms with Crippen molar-refractivity contribution in [2.45, 2.75) is 18.6 Å². The van der Waals surface area contributed by atoms with E-state index in [0.717, 1.165) is 5.56 Å². The number of fused-ring (bicyclic) bond motifs is 3. The number of carbonyl (C=O) groups excluding carboxylic acids is 2. The van der Waals surface area contributed by atoms with Crippen LogP contribution in [0.5, 0.6) is 0 Å². The van der Waals surface area contributed by atoms with E-state index in [1.165, 1.54) is 21.9 Å². The van der Waals surface area contributed by atoms with E-state index >= 15 is 0 Å². The van der Waals surface area contributed by atoms with Gasteiger partial charge >= 0.3 is 6.03 Å². The average Bonchev–Trinajstić information content (AvgIpc) is 3.32. The minimum absolute atomic E-state index is 0.266. The number of halogens is 1. The van der Waals surface area contributed by atoms with Gasteiger partial charge in [0.1, 0.15) is 5.82 Å². The van der Waals surface area contributed by atoms with Crippen molar-refractivity contribution in [1.82, 2.24) is 14.7 Å². The molecular formula is C22H19FN4O3. The van der Waals surface area contributed by atoms with Crippen LogP contribution in [0.4, 0.5) is 9.18 Å². The SMILES string of the molecule is CN1C(=O)N(CCc2ccccc2)C(=O)C2C1N=C1OC(c3ccc(F)cc3)=CN12. The number of ether oxygens (including phenoxy) is 1. The number of imide groups is 1. The van der Waals surface area contributed by atoms with Gasteiger partial charge in [0, 0.05) is 19.2 Å². The third-order valence-electron chi connectivity index (χ3n) is 5.55. The number of amidine groups is 1. The number of amides is 3. The molecule has 2 unspecified atom stereocenters. The maximum Gasteiger partial charge on any atom is 0.328 e. The standard InChI is InChI=1S/C22H19FN4O3/c1-25-19-18(20(28)26(22(25)29)12-11-14-5-3-2-4-6-14)27-13-17(30-21(27)24-19)15-7-9-16(23)10-8-15/h2-10,13,18-19H,11-12H2,1H3. The highest BCUT2D eigenvalue weighted by molar-refractivity contribution is 6.04. The summed E-state index contributed by atoms with van der Waals surface area (Å²) in [6, 6.07) is 14.8. The third-order valence-corrected chi connectivity index (χ3v) is 5.55. The van der Waals surface area contributed by atoms with Crippen LogP contribution in [0.25, 0.3) is 5.76 Å². The normalized spacial score (nSPS) is 22.5. The van der Waals surface area contributed by atoms with E-state index < -0.39 is 12.2 Å². The number of hydrogen-bond donors (Lipinski definition) is 0. The van der Waals surface area contributed by atoms with Crippen LogP contribution in [-0.2, 0) is 16.0 Å². The Hall–Kier alpha value is -3.68. The quantitative estimate of drug-likeness (QED) is 0.783. The van der Waals surface area contributed by atoms with Crippen molar-refractivity contribution >= 4 is 23.7 Å². The van der Waals surface area contributed by atoms with E-state index in [-0.39, 0.29) is 30.3 Å². The highest BCUT2D eigenvalue weighted by Gasteiger charge is 2.54. The topological polar surface area (TPSA) is 65.5 Å². The third kappa shape index (κ3) is 2.92. The molecule has 0 spiro atoms. The van der Waals surface area contributed by atoms with Gasteiger partial charge in [0.2, 0.25) is 0 Å². The van der Waals surface area contributed by atoms with Crippen molar-refractivity contribution in [3.63, 3.8) is 0 Å². The summed E-state index contributed by atoms with van der Waals surface area (Å²) in [5.41, 5.74) is 1.73. The van der Waals surface area contributed by atoms with E-state index in [4.69, 9.17) is 4.74 Å². The summed E-state index contributed by atoms with van der Waals surface area (Å²) < 4.78 is 19.0. The van der Waals surface area contributed by atoms with E-state index in [0.29, 0.717) is 17.7 Å². The molecular weight excluding hydrogens is 387 g/mol. The number of aliphatic imine (C=N–C) groups is 1. The number of benzene rings is 2. The second-order valence-electron chi connectivity index (χ2n) is 7.40. The highest BCUT2D eigenvalue weighted by atomic mass is 19.1. The molecule has 2 atom stereocenters. The second-order valence-corrected chi connectivity index (χ2v) is 7.40. The van der Waals surface area contributed by atoms with Gasteiger partial charge in [-0.3, -0.25) is 14.6 Å². The Morgan fingerprint density at radius 3 is 2.53 bits per heavy atom. The second kappa shape index (κ2) is 6.98. The van der Waals surface area contributed by atoms with Crippen LogP contribution < -0.4 is 0 Å². The van der Waals surface area contributed by atoms with Crippen molar-refractivity contribution in [3.05, 3.63) is 77.7 Å². The molecule has 0 saturated carbocycles. The maximum absolute atomic E-state index is 13.2. The van der Waals surface area contributed by atoms with Crippen LogP contribution >= 0.6 is 0 Å². The molecule has 2 aromatic carbocycles. The fourth-order valence-electron chi connectivity index (χ4n) is 3.92. The number of urea groups is 1. The van der Waals surface area contributed by atoms with E-state index in [9.17, 15) is 14.0 Å². The Balaban J connectivity index is 1.39. The fraction of sp³-hybridized carbons (Fsp3) is 0.227. The number of rotatable bonds is 4. The Morgan fingerprint density at radius 2 is 1.80 bits per heavy atom. The van der Waals surface area contributed by atoms with Crippen LogP contribution in [0, 0.1) is 5.82 Å². The first-order chi connectivity index (χ1) is 14.5. The van der Waals surface area contributed by atoms with Gasteiger partial charge in [-0.15, -0.1) is 0 Å². The first-order valence-electron chi connectivity index (χ1n) is 9.67. The van der Waals surface area contributed by atoms with Gasteiger partial charge in [-0.05, 0) is 36.2 Å². The van der Waals surface area contributed by atoms with Crippen molar-refractivity contribution in [1.29, 1.82) is 0 Å². The number of hydrogen-bond acceptors (Lipinski definition) is 5.